The van der Waals surface area contributed by atoms with Crippen molar-refractivity contribution in [1.29, 1.82) is 0 Å². The summed E-state index contributed by atoms with van der Waals surface area (Å²) in [5, 5.41) is 5.73. The zero-order chi connectivity index (χ0) is 17.7. The lowest BCUT2D eigenvalue weighted by Crippen LogP contribution is -2.40. The van der Waals surface area contributed by atoms with Crippen molar-refractivity contribution >= 4 is 44.6 Å². The van der Waals surface area contributed by atoms with Crippen molar-refractivity contribution in [3.05, 3.63) is 51.7 Å². The molecule has 2 rings (SSSR count). The van der Waals surface area contributed by atoms with Crippen molar-refractivity contribution in [2.24, 2.45) is 0 Å². The van der Waals surface area contributed by atoms with E-state index in [0.29, 0.717) is 9.90 Å². The fraction of sp³-hybridized carbons (Fsp3) is 0.200. The minimum Gasteiger partial charge on any atom is -0.351 e. The number of carbonyl (C=O) groups excluding carboxylic acids is 2. The number of sulfone groups is 1. The molecule has 128 valence electrons. The molecule has 1 aromatic heterocycles. The van der Waals surface area contributed by atoms with Gasteiger partial charge >= 0.3 is 11.8 Å². The van der Waals surface area contributed by atoms with Gasteiger partial charge in [0.05, 0.1) is 4.90 Å². The number of thiophene rings is 1. The molecule has 0 fully saturated rings. The van der Waals surface area contributed by atoms with E-state index in [9.17, 15) is 18.0 Å². The first-order valence-corrected chi connectivity index (χ1v) is 9.69. The number of amides is 2. The van der Waals surface area contributed by atoms with Gasteiger partial charge in [0.15, 0.2) is 9.84 Å². The van der Waals surface area contributed by atoms with Gasteiger partial charge in [-0.15, -0.1) is 11.3 Å². The van der Waals surface area contributed by atoms with Gasteiger partial charge in [-0.25, -0.2) is 8.42 Å². The van der Waals surface area contributed by atoms with Crippen LogP contribution in [0.15, 0.2) is 46.7 Å². The molecule has 1 heterocycles. The molecule has 1 aromatic carbocycles. The van der Waals surface area contributed by atoms with Crippen LogP contribution in [0.1, 0.15) is 10.1 Å². The molecule has 0 unspecified atom stereocenters. The van der Waals surface area contributed by atoms with Crippen molar-refractivity contribution in [2.45, 2.75) is 10.1 Å². The summed E-state index contributed by atoms with van der Waals surface area (Å²) in [7, 11) is -2.44. The topological polar surface area (TPSA) is 92.3 Å². The van der Waals surface area contributed by atoms with Crippen LogP contribution in [0.4, 0.5) is 0 Å². The Morgan fingerprint density at radius 3 is 2.38 bits per heavy atom. The number of rotatable bonds is 5. The van der Waals surface area contributed by atoms with E-state index >= 15 is 0 Å². The first-order chi connectivity index (χ1) is 11.4. The third-order valence-electron chi connectivity index (χ3n) is 3.26. The smallest absolute Gasteiger partial charge is 0.309 e. The van der Waals surface area contributed by atoms with Gasteiger partial charge in [0, 0.05) is 23.5 Å². The molecule has 0 saturated heterocycles. The summed E-state index contributed by atoms with van der Waals surface area (Å²) < 4.78 is 25.8. The summed E-state index contributed by atoms with van der Waals surface area (Å²) in [6.45, 7) is -0.211. The fourth-order valence-electron chi connectivity index (χ4n) is 2.01. The summed E-state index contributed by atoms with van der Waals surface area (Å²) in [5.74, 6) is -1.71. The number of likely N-dealkylation sites (N-methyl/N-ethyl adjacent to an activating group) is 1. The quantitative estimate of drug-likeness (QED) is 0.766. The minimum atomic E-state index is -3.76. The lowest BCUT2D eigenvalue weighted by atomic mass is 10.3. The highest BCUT2D eigenvalue weighted by Gasteiger charge is 2.31. The second-order valence-electron chi connectivity index (χ2n) is 4.79. The van der Waals surface area contributed by atoms with Gasteiger partial charge in [-0.1, -0.05) is 17.7 Å². The van der Waals surface area contributed by atoms with Crippen LogP contribution in [0.5, 0.6) is 0 Å². The Labute approximate surface area is 148 Å². The highest BCUT2D eigenvalue weighted by molar-refractivity contribution is 7.91. The van der Waals surface area contributed by atoms with E-state index < -0.39 is 26.9 Å². The number of nitrogens with one attached hydrogen (secondary N) is 2. The van der Waals surface area contributed by atoms with E-state index in [4.69, 9.17) is 11.6 Å². The van der Waals surface area contributed by atoms with E-state index in [2.05, 4.69) is 10.6 Å². The normalized spacial score (nSPS) is 12.4. The van der Waals surface area contributed by atoms with Crippen LogP contribution >= 0.6 is 22.9 Å². The first kappa shape index (κ1) is 18.4. The number of benzene rings is 1. The maximum atomic E-state index is 12.9. The Balaban J connectivity index is 2.31. The van der Waals surface area contributed by atoms with Crippen LogP contribution in [0.2, 0.25) is 5.02 Å². The average Bonchev–Trinajstić information content (AvgIpc) is 3.08. The molecule has 0 aliphatic rings. The summed E-state index contributed by atoms with van der Waals surface area (Å²) in [4.78, 5) is 23.6. The highest BCUT2D eigenvalue weighted by Crippen LogP contribution is 2.31. The first-order valence-electron chi connectivity index (χ1n) is 6.89. The van der Waals surface area contributed by atoms with Crippen LogP contribution < -0.4 is 10.6 Å². The third kappa shape index (κ3) is 4.14. The van der Waals surface area contributed by atoms with Gasteiger partial charge in [-0.2, -0.15) is 0 Å². The standard InChI is InChI=1S/C15H15ClN2O4S2/c1-17-14(19)15(20)18-9-13(12-3-2-8-23-12)24(21,22)11-6-4-10(16)5-7-11/h2-8,13H,9H2,1H3,(H,17,19)(H,18,20)/t13-/m1/s1. The van der Waals surface area contributed by atoms with E-state index in [-0.39, 0.29) is 11.4 Å². The molecule has 2 N–H and O–H groups in total. The summed E-state index contributed by atoms with van der Waals surface area (Å²) in [5.41, 5.74) is 0. The number of halogens is 1. The zero-order valence-corrected chi connectivity index (χ0v) is 15.0. The van der Waals surface area contributed by atoms with E-state index in [0.717, 1.165) is 0 Å². The van der Waals surface area contributed by atoms with Gasteiger partial charge in [0.1, 0.15) is 5.25 Å². The molecule has 0 spiro atoms. The van der Waals surface area contributed by atoms with Gasteiger partial charge in [0.2, 0.25) is 0 Å². The molecule has 24 heavy (non-hydrogen) atoms. The Hall–Kier alpha value is -1.90. The van der Waals surface area contributed by atoms with Crippen LogP contribution in [0, 0.1) is 0 Å². The van der Waals surface area contributed by atoms with Crippen molar-refractivity contribution < 1.29 is 18.0 Å². The lowest BCUT2D eigenvalue weighted by molar-refractivity contribution is -0.138. The van der Waals surface area contributed by atoms with Gasteiger partial charge < -0.3 is 10.6 Å². The number of carbonyl (C=O) groups is 2. The molecule has 0 aliphatic carbocycles. The van der Waals surface area contributed by atoms with Crippen LogP contribution in [0.25, 0.3) is 0 Å². The molecule has 9 heteroatoms. The molecule has 0 radical (unpaired) electrons. The minimum absolute atomic E-state index is 0.0968. The largest absolute Gasteiger partial charge is 0.351 e. The van der Waals surface area contributed by atoms with Gasteiger partial charge in [-0.05, 0) is 35.7 Å². The predicted molar refractivity (Wildman–Crippen MR) is 92.8 cm³/mol. The van der Waals surface area contributed by atoms with Crippen LogP contribution in [-0.4, -0.2) is 33.8 Å². The molecule has 0 aliphatic heterocycles. The van der Waals surface area contributed by atoms with Crippen molar-refractivity contribution in [3.63, 3.8) is 0 Å². The molecular weight excluding hydrogens is 372 g/mol. The highest BCUT2D eigenvalue weighted by atomic mass is 35.5. The van der Waals surface area contributed by atoms with Crippen molar-refractivity contribution in [1.82, 2.24) is 10.6 Å². The monoisotopic (exact) mass is 386 g/mol. The molecule has 6 nitrogen and oxygen atoms in total. The predicted octanol–water partition coefficient (Wildman–Crippen LogP) is 1.78. The third-order valence-corrected chi connectivity index (χ3v) is 6.74. The second-order valence-corrected chi connectivity index (χ2v) is 8.34. The van der Waals surface area contributed by atoms with E-state index in [1.165, 1.54) is 42.6 Å². The maximum absolute atomic E-state index is 12.9. The summed E-state index contributed by atoms with van der Waals surface area (Å²) in [6, 6.07) is 9.21. The van der Waals surface area contributed by atoms with Gasteiger partial charge in [-0.3, -0.25) is 9.59 Å². The Morgan fingerprint density at radius 1 is 1.17 bits per heavy atom. The second kappa shape index (κ2) is 7.78. The maximum Gasteiger partial charge on any atom is 0.309 e. The van der Waals surface area contributed by atoms with E-state index in [1.54, 1.807) is 17.5 Å². The van der Waals surface area contributed by atoms with Crippen molar-refractivity contribution in [3.8, 4) is 0 Å². The number of hydrogen-bond acceptors (Lipinski definition) is 5. The molecule has 0 bridgehead atoms. The fourth-order valence-corrected chi connectivity index (χ4v) is 4.92. The summed E-state index contributed by atoms with van der Waals surface area (Å²) in [6.07, 6.45) is 0. The molecule has 2 aromatic rings. The average molecular weight is 387 g/mol. The Morgan fingerprint density at radius 2 is 1.83 bits per heavy atom. The van der Waals surface area contributed by atoms with Crippen molar-refractivity contribution in [2.75, 3.05) is 13.6 Å². The SMILES string of the molecule is CNC(=O)C(=O)NC[C@H](c1cccs1)S(=O)(=O)c1ccc(Cl)cc1. The Bertz CT molecular complexity index is 818. The zero-order valence-electron chi connectivity index (χ0n) is 12.7. The Kier molecular flexibility index (Phi) is 5.98. The summed E-state index contributed by atoms with van der Waals surface area (Å²) >= 11 is 7.06. The van der Waals surface area contributed by atoms with Crippen LogP contribution in [-0.2, 0) is 19.4 Å². The van der Waals surface area contributed by atoms with Crippen LogP contribution in [0.3, 0.4) is 0 Å². The molecular formula is C15H15ClN2O4S2. The lowest BCUT2D eigenvalue weighted by Gasteiger charge is -2.17. The number of hydrogen-bond donors (Lipinski definition) is 2. The molecule has 1 atom stereocenters. The van der Waals surface area contributed by atoms with E-state index in [1.807, 2.05) is 0 Å². The molecule has 0 saturated carbocycles. The van der Waals surface area contributed by atoms with Gasteiger partial charge in [0.25, 0.3) is 0 Å². The molecule has 2 amide bonds.